The zero-order chi connectivity index (χ0) is 14.8. The molecule has 3 heterocycles. The molecule has 2 atom stereocenters. The average molecular weight is 290 g/mol. The van der Waals surface area contributed by atoms with Crippen LogP contribution in [0.5, 0.6) is 0 Å². The van der Waals surface area contributed by atoms with Gasteiger partial charge in [-0.15, -0.1) is 0 Å². The zero-order valence-electron chi connectivity index (χ0n) is 13.1. The molecule has 0 amide bonds. The number of aromatic nitrogens is 2. The molecule has 5 nitrogen and oxygen atoms in total. The normalized spacial score (nSPS) is 26.7. The standard InChI is InChI=1S/C16H26N4O/c1-12-9-13(2)18-16(17-12)20-8-4-5-14(20)10-19-7-3-6-15(19)11-21/h9,14-15,21H,3-8,10-11H2,1-2H3. The molecule has 0 radical (unpaired) electrons. The van der Waals surface area contributed by atoms with E-state index in [1.807, 2.05) is 19.9 Å². The molecule has 0 spiro atoms. The molecule has 3 rings (SSSR count). The Labute approximate surface area is 127 Å². The molecule has 0 bridgehead atoms. The van der Waals surface area contributed by atoms with Crippen LogP contribution in [0.25, 0.3) is 0 Å². The van der Waals surface area contributed by atoms with Crippen LogP contribution in [0.4, 0.5) is 5.95 Å². The van der Waals surface area contributed by atoms with Crippen molar-refractivity contribution in [2.75, 3.05) is 31.1 Å². The van der Waals surface area contributed by atoms with Gasteiger partial charge in [0.05, 0.1) is 6.61 Å². The number of aliphatic hydroxyl groups is 1. The second-order valence-electron chi connectivity index (χ2n) is 6.41. The quantitative estimate of drug-likeness (QED) is 0.911. The molecule has 1 aromatic rings. The molecule has 2 fully saturated rings. The number of nitrogens with zero attached hydrogens (tertiary/aromatic N) is 4. The minimum absolute atomic E-state index is 0.284. The van der Waals surface area contributed by atoms with Crippen LogP contribution in [0.1, 0.15) is 37.1 Å². The molecule has 2 aliphatic heterocycles. The van der Waals surface area contributed by atoms with Gasteiger partial charge in [-0.1, -0.05) is 0 Å². The second-order valence-corrected chi connectivity index (χ2v) is 6.41. The number of hydrogen-bond acceptors (Lipinski definition) is 5. The minimum Gasteiger partial charge on any atom is -0.395 e. The van der Waals surface area contributed by atoms with Gasteiger partial charge in [0.25, 0.3) is 0 Å². The fraction of sp³-hybridized carbons (Fsp3) is 0.750. The van der Waals surface area contributed by atoms with Crippen LogP contribution >= 0.6 is 0 Å². The molecule has 0 aromatic carbocycles. The lowest BCUT2D eigenvalue weighted by Gasteiger charge is -2.31. The van der Waals surface area contributed by atoms with Crippen LogP contribution in [-0.4, -0.2) is 58.3 Å². The van der Waals surface area contributed by atoms with Crippen LogP contribution in [-0.2, 0) is 0 Å². The third-order valence-corrected chi connectivity index (χ3v) is 4.76. The summed E-state index contributed by atoms with van der Waals surface area (Å²) in [5.74, 6) is 0.884. The fourth-order valence-corrected chi connectivity index (χ4v) is 3.74. The van der Waals surface area contributed by atoms with E-state index in [4.69, 9.17) is 0 Å². The summed E-state index contributed by atoms with van der Waals surface area (Å²) in [5.41, 5.74) is 2.08. The van der Waals surface area contributed by atoms with Gasteiger partial charge >= 0.3 is 0 Å². The fourth-order valence-electron chi connectivity index (χ4n) is 3.74. The van der Waals surface area contributed by atoms with Gasteiger partial charge < -0.3 is 10.0 Å². The molecule has 116 valence electrons. The van der Waals surface area contributed by atoms with Crippen molar-refractivity contribution < 1.29 is 5.11 Å². The predicted octanol–water partition coefficient (Wildman–Crippen LogP) is 1.52. The van der Waals surface area contributed by atoms with E-state index in [1.54, 1.807) is 0 Å². The highest BCUT2D eigenvalue weighted by Gasteiger charge is 2.32. The Kier molecular flexibility index (Phi) is 4.40. The number of anilines is 1. The van der Waals surface area contributed by atoms with Gasteiger partial charge in [-0.2, -0.15) is 0 Å². The first kappa shape index (κ1) is 14.7. The topological polar surface area (TPSA) is 52.5 Å². The van der Waals surface area contributed by atoms with E-state index in [2.05, 4.69) is 19.8 Å². The van der Waals surface area contributed by atoms with Crippen molar-refractivity contribution in [2.24, 2.45) is 0 Å². The molecule has 21 heavy (non-hydrogen) atoms. The van der Waals surface area contributed by atoms with Crippen molar-refractivity contribution in [3.63, 3.8) is 0 Å². The maximum Gasteiger partial charge on any atom is 0.226 e. The number of aryl methyl sites for hydroxylation is 2. The lowest BCUT2D eigenvalue weighted by Crippen LogP contribution is -2.44. The molecular weight excluding hydrogens is 264 g/mol. The third kappa shape index (κ3) is 3.19. The number of hydrogen-bond donors (Lipinski definition) is 1. The highest BCUT2D eigenvalue weighted by atomic mass is 16.3. The van der Waals surface area contributed by atoms with Gasteiger partial charge in [0.1, 0.15) is 0 Å². The Bertz CT molecular complexity index is 473. The summed E-state index contributed by atoms with van der Waals surface area (Å²) in [6.45, 7) is 7.54. The Balaban J connectivity index is 1.73. The maximum absolute atomic E-state index is 9.49. The molecule has 1 aromatic heterocycles. The first-order valence-electron chi connectivity index (χ1n) is 8.11. The molecule has 2 unspecified atom stereocenters. The molecule has 2 aliphatic rings. The molecule has 1 N–H and O–H groups in total. The summed E-state index contributed by atoms with van der Waals surface area (Å²) >= 11 is 0. The van der Waals surface area contributed by atoms with Crippen molar-refractivity contribution in [2.45, 2.75) is 51.6 Å². The SMILES string of the molecule is Cc1cc(C)nc(N2CCCC2CN2CCCC2CO)n1. The lowest BCUT2D eigenvalue weighted by atomic mass is 10.2. The molecule has 5 heteroatoms. The van der Waals surface area contributed by atoms with E-state index in [-0.39, 0.29) is 6.61 Å². The van der Waals surface area contributed by atoms with Gasteiger partial charge in [-0.3, -0.25) is 4.90 Å². The second kappa shape index (κ2) is 6.28. The average Bonchev–Trinajstić information content (AvgIpc) is 3.07. The maximum atomic E-state index is 9.49. The Morgan fingerprint density at radius 3 is 2.48 bits per heavy atom. The predicted molar refractivity (Wildman–Crippen MR) is 83.6 cm³/mol. The highest BCUT2D eigenvalue weighted by molar-refractivity contribution is 5.35. The van der Waals surface area contributed by atoms with E-state index < -0.39 is 0 Å². The van der Waals surface area contributed by atoms with Gasteiger partial charge in [-0.05, 0) is 52.1 Å². The number of likely N-dealkylation sites (tertiary alicyclic amines) is 1. The Morgan fingerprint density at radius 2 is 1.76 bits per heavy atom. The van der Waals surface area contributed by atoms with Gasteiger partial charge in [-0.25, -0.2) is 9.97 Å². The summed E-state index contributed by atoms with van der Waals surface area (Å²) in [6.07, 6.45) is 4.74. The Hall–Kier alpha value is -1.20. The van der Waals surface area contributed by atoms with Crippen molar-refractivity contribution in [1.82, 2.24) is 14.9 Å². The largest absolute Gasteiger partial charge is 0.395 e. The summed E-state index contributed by atoms with van der Waals surface area (Å²) in [6, 6.07) is 2.86. The van der Waals surface area contributed by atoms with E-state index in [0.717, 1.165) is 43.4 Å². The minimum atomic E-state index is 0.284. The van der Waals surface area contributed by atoms with Crippen molar-refractivity contribution in [3.8, 4) is 0 Å². The molecule has 0 saturated carbocycles. The summed E-state index contributed by atoms with van der Waals surface area (Å²) in [7, 11) is 0. The highest BCUT2D eigenvalue weighted by Crippen LogP contribution is 2.26. The van der Waals surface area contributed by atoms with E-state index in [9.17, 15) is 5.11 Å². The van der Waals surface area contributed by atoms with Gasteiger partial charge in [0.15, 0.2) is 0 Å². The van der Waals surface area contributed by atoms with Crippen LogP contribution < -0.4 is 4.90 Å². The van der Waals surface area contributed by atoms with Crippen LogP contribution in [0, 0.1) is 13.8 Å². The van der Waals surface area contributed by atoms with Crippen molar-refractivity contribution in [1.29, 1.82) is 0 Å². The summed E-state index contributed by atoms with van der Waals surface area (Å²) in [4.78, 5) is 14.1. The van der Waals surface area contributed by atoms with Gasteiger partial charge in [0.2, 0.25) is 5.95 Å². The third-order valence-electron chi connectivity index (χ3n) is 4.76. The van der Waals surface area contributed by atoms with Crippen LogP contribution in [0.3, 0.4) is 0 Å². The summed E-state index contributed by atoms with van der Waals surface area (Å²) < 4.78 is 0. The van der Waals surface area contributed by atoms with Crippen LogP contribution in [0.2, 0.25) is 0 Å². The lowest BCUT2D eigenvalue weighted by molar-refractivity contribution is 0.153. The van der Waals surface area contributed by atoms with Crippen LogP contribution in [0.15, 0.2) is 6.07 Å². The summed E-state index contributed by atoms with van der Waals surface area (Å²) in [5, 5.41) is 9.49. The van der Waals surface area contributed by atoms with Gasteiger partial charge in [0, 0.05) is 36.6 Å². The monoisotopic (exact) mass is 290 g/mol. The molecular formula is C16H26N4O. The van der Waals surface area contributed by atoms with E-state index >= 15 is 0 Å². The van der Waals surface area contributed by atoms with E-state index in [0.29, 0.717) is 12.1 Å². The molecule has 2 saturated heterocycles. The first-order valence-corrected chi connectivity index (χ1v) is 8.11. The molecule has 0 aliphatic carbocycles. The smallest absolute Gasteiger partial charge is 0.226 e. The Morgan fingerprint density at radius 1 is 1.10 bits per heavy atom. The van der Waals surface area contributed by atoms with Crippen molar-refractivity contribution >= 4 is 5.95 Å². The number of aliphatic hydroxyl groups excluding tert-OH is 1. The zero-order valence-corrected chi connectivity index (χ0v) is 13.1. The first-order chi connectivity index (χ1) is 10.2. The van der Waals surface area contributed by atoms with E-state index in [1.165, 1.54) is 19.3 Å². The van der Waals surface area contributed by atoms with Crippen molar-refractivity contribution in [3.05, 3.63) is 17.5 Å². The number of rotatable bonds is 4.